The van der Waals surface area contributed by atoms with Gasteiger partial charge in [-0.25, -0.2) is 4.79 Å². The molecule has 2 aromatic rings. The lowest BCUT2D eigenvalue weighted by Gasteiger charge is -2.12. The highest BCUT2D eigenvalue weighted by molar-refractivity contribution is 7.07. The summed E-state index contributed by atoms with van der Waals surface area (Å²) in [5.41, 5.74) is 1.99. The minimum Gasteiger partial charge on any atom is -0.492 e. The van der Waals surface area contributed by atoms with Crippen molar-refractivity contribution >= 4 is 17.4 Å². The van der Waals surface area contributed by atoms with Gasteiger partial charge in [0.25, 0.3) is 0 Å². The predicted molar refractivity (Wildman–Crippen MR) is 87.4 cm³/mol. The number of carbonyl (C=O) groups excluding carboxylic acids is 1. The molecule has 0 spiro atoms. The highest BCUT2D eigenvalue weighted by atomic mass is 32.1. The molecule has 6 heteroatoms. The Hall–Kier alpha value is -2.05. The molecular weight excluding hydrogens is 300 g/mol. The van der Waals surface area contributed by atoms with Gasteiger partial charge < -0.3 is 20.5 Å². The van der Waals surface area contributed by atoms with Gasteiger partial charge in [-0.05, 0) is 41.4 Å². The zero-order valence-electron chi connectivity index (χ0n) is 12.4. The number of benzene rings is 1. The molecule has 2 amide bonds. The van der Waals surface area contributed by atoms with Gasteiger partial charge >= 0.3 is 6.03 Å². The van der Waals surface area contributed by atoms with Gasteiger partial charge in [-0.3, -0.25) is 0 Å². The second kappa shape index (κ2) is 8.41. The first-order valence-corrected chi connectivity index (χ1v) is 8.01. The normalized spacial score (nSPS) is 11.7. The Morgan fingerprint density at radius 2 is 2.05 bits per heavy atom. The van der Waals surface area contributed by atoms with E-state index in [1.807, 2.05) is 48.0 Å². The minimum absolute atomic E-state index is 0.182. The fraction of sp³-hybridized carbons (Fsp3) is 0.312. The number of urea groups is 1. The third-order valence-corrected chi connectivity index (χ3v) is 3.76. The Morgan fingerprint density at radius 1 is 1.27 bits per heavy atom. The summed E-state index contributed by atoms with van der Waals surface area (Å²) in [6.07, 6.45) is -0.680. The minimum atomic E-state index is -0.680. The first-order valence-electron chi connectivity index (χ1n) is 7.06. The molecule has 2 rings (SSSR count). The van der Waals surface area contributed by atoms with E-state index in [2.05, 4.69) is 10.6 Å². The van der Waals surface area contributed by atoms with Crippen LogP contribution in [0.4, 0.5) is 4.79 Å². The Bertz CT molecular complexity index is 570. The number of carbonyl (C=O) groups is 1. The molecule has 0 aliphatic carbocycles. The smallest absolute Gasteiger partial charge is 0.315 e. The number of hydrogen-bond donors (Lipinski definition) is 3. The molecule has 5 nitrogen and oxygen atoms in total. The second-order valence-electron chi connectivity index (χ2n) is 4.87. The van der Waals surface area contributed by atoms with E-state index in [9.17, 15) is 9.90 Å². The van der Waals surface area contributed by atoms with Gasteiger partial charge in [-0.2, -0.15) is 11.3 Å². The van der Waals surface area contributed by atoms with E-state index in [-0.39, 0.29) is 12.6 Å². The molecule has 0 radical (unpaired) electrons. The maximum absolute atomic E-state index is 11.6. The number of ether oxygens (including phenoxy) is 1. The third kappa shape index (κ3) is 5.38. The molecule has 0 bridgehead atoms. The van der Waals surface area contributed by atoms with Crippen molar-refractivity contribution in [2.75, 3.05) is 19.7 Å². The molecule has 0 aliphatic rings. The molecule has 1 heterocycles. The average molecular weight is 320 g/mol. The highest BCUT2D eigenvalue weighted by Gasteiger charge is 2.09. The SMILES string of the molecule is Cc1ccc(OCCNC(=O)NC[C@H](O)c2ccsc2)cc1. The number of rotatable bonds is 7. The molecule has 3 N–H and O–H groups in total. The lowest BCUT2D eigenvalue weighted by molar-refractivity contribution is 0.173. The summed E-state index contributed by atoms with van der Waals surface area (Å²) in [5, 5.41) is 18.9. The average Bonchev–Trinajstić information content (AvgIpc) is 3.05. The van der Waals surface area contributed by atoms with Gasteiger partial charge in [0.2, 0.25) is 0 Å². The Kier molecular flexibility index (Phi) is 6.24. The van der Waals surface area contributed by atoms with E-state index in [4.69, 9.17) is 4.74 Å². The van der Waals surface area contributed by atoms with Crippen LogP contribution in [0.3, 0.4) is 0 Å². The zero-order chi connectivity index (χ0) is 15.8. The fourth-order valence-electron chi connectivity index (χ4n) is 1.80. The third-order valence-electron chi connectivity index (χ3n) is 3.06. The Labute approximate surface area is 133 Å². The van der Waals surface area contributed by atoms with Crippen LogP contribution >= 0.6 is 11.3 Å². The molecule has 1 atom stereocenters. The molecule has 118 valence electrons. The molecular formula is C16H20N2O3S. The van der Waals surface area contributed by atoms with E-state index in [0.29, 0.717) is 13.2 Å². The van der Waals surface area contributed by atoms with Crippen molar-refractivity contribution in [3.8, 4) is 5.75 Å². The summed E-state index contributed by atoms with van der Waals surface area (Å²) in [6.45, 7) is 2.99. The van der Waals surface area contributed by atoms with E-state index >= 15 is 0 Å². The lowest BCUT2D eigenvalue weighted by atomic mass is 10.2. The van der Waals surface area contributed by atoms with Gasteiger partial charge in [0.1, 0.15) is 12.4 Å². The summed E-state index contributed by atoms with van der Waals surface area (Å²) >= 11 is 1.51. The van der Waals surface area contributed by atoms with Crippen LogP contribution in [0.5, 0.6) is 5.75 Å². The monoisotopic (exact) mass is 320 g/mol. The quantitative estimate of drug-likeness (QED) is 0.686. The molecule has 0 aliphatic heterocycles. The van der Waals surface area contributed by atoms with Gasteiger partial charge in [0, 0.05) is 6.54 Å². The van der Waals surface area contributed by atoms with Crippen LogP contribution in [-0.4, -0.2) is 30.8 Å². The van der Waals surface area contributed by atoms with Crippen molar-refractivity contribution in [3.63, 3.8) is 0 Å². The number of thiophene rings is 1. The second-order valence-corrected chi connectivity index (χ2v) is 5.65. The van der Waals surface area contributed by atoms with Crippen LogP contribution in [0.1, 0.15) is 17.2 Å². The van der Waals surface area contributed by atoms with Gasteiger partial charge in [-0.15, -0.1) is 0 Å². The van der Waals surface area contributed by atoms with E-state index in [0.717, 1.165) is 11.3 Å². The zero-order valence-corrected chi connectivity index (χ0v) is 13.2. The fourth-order valence-corrected chi connectivity index (χ4v) is 2.51. The van der Waals surface area contributed by atoms with Gasteiger partial charge in [0.05, 0.1) is 12.6 Å². The van der Waals surface area contributed by atoms with E-state index in [1.165, 1.54) is 16.9 Å². The maximum atomic E-state index is 11.6. The van der Waals surface area contributed by atoms with Crippen molar-refractivity contribution in [2.24, 2.45) is 0 Å². The summed E-state index contributed by atoms with van der Waals surface area (Å²) in [4.78, 5) is 11.6. The van der Waals surface area contributed by atoms with Gasteiger partial charge in [-0.1, -0.05) is 17.7 Å². The molecule has 0 fully saturated rings. The molecule has 22 heavy (non-hydrogen) atoms. The molecule has 0 saturated heterocycles. The number of aliphatic hydroxyl groups is 1. The first-order chi connectivity index (χ1) is 10.6. The van der Waals surface area contributed by atoms with Crippen molar-refractivity contribution < 1.29 is 14.6 Å². The van der Waals surface area contributed by atoms with Crippen LogP contribution in [0.25, 0.3) is 0 Å². The summed E-state index contributed by atoms with van der Waals surface area (Å²) in [6, 6.07) is 9.26. The Morgan fingerprint density at radius 3 is 2.73 bits per heavy atom. The van der Waals surface area contributed by atoms with Crippen molar-refractivity contribution in [1.82, 2.24) is 10.6 Å². The first kappa shape index (κ1) is 16.3. The number of aliphatic hydroxyl groups excluding tert-OH is 1. The van der Waals surface area contributed by atoms with Crippen LogP contribution < -0.4 is 15.4 Å². The summed E-state index contributed by atoms with van der Waals surface area (Å²) in [7, 11) is 0. The Balaban J connectivity index is 1.58. The van der Waals surface area contributed by atoms with Crippen LogP contribution in [-0.2, 0) is 0 Å². The van der Waals surface area contributed by atoms with Crippen molar-refractivity contribution in [3.05, 3.63) is 52.2 Å². The predicted octanol–water partition coefficient (Wildman–Crippen LogP) is 2.47. The standard InChI is InChI=1S/C16H20N2O3S/c1-12-2-4-14(5-3-12)21-8-7-17-16(20)18-10-15(19)13-6-9-22-11-13/h2-6,9,11,15,19H,7-8,10H2,1H3,(H2,17,18,20)/t15-/m0/s1. The molecule has 0 unspecified atom stereocenters. The molecule has 1 aromatic carbocycles. The van der Waals surface area contributed by atoms with Crippen LogP contribution in [0, 0.1) is 6.92 Å². The number of hydrogen-bond acceptors (Lipinski definition) is 4. The van der Waals surface area contributed by atoms with E-state index in [1.54, 1.807) is 0 Å². The summed E-state index contributed by atoms with van der Waals surface area (Å²) in [5.74, 6) is 0.778. The van der Waals surface area contributed by atoms with E-state index < -0.39 is 6.10 Å². The number of amides is 2. The summed E-state index contributed by atoms with van der Waals surface area (Å²) < 4.78 is 5.51. The highest BCUT2D eigenvalue weighted by Crippen LogP contribution is 2.14. The number of nitrogens with one attached hydrogen (secondary N) is 2. The van der Waals surface area contributed by atoms with Crippen molar-refractivity contribution in [2.45, 2.75) is 13.0 Å². The lowest BCUT2D eigenvalue weighted by Crippen LogP contribution is -2.39. The number of aryl methyl sites for hydroxylation is 1. The van der Waals surface area contributed by atoms with Gasteiger partial charge in [0.15, 0.2) is 0 Å². The van der Waals surface area contributed by atoms with Crippen LogP contribution in [0.15, 0.2) is 41.1 Å². The topological polar surface area (TPSA) is 70.6 Å². The maximum Gasteiger partial charge on any atom is 0.315 e. The van der Waals surface area contributed by atoms with Crippen LogP contribution in [0.2, 0.25) is 0 Å². The van der Waals surface area contributed by atoms with Crippen molar-refractivity contribution in [1.29, 1.82) is 0 Å². The molecule has 0 saturated carbocycles. The largest absolute Gasteiger partial charge is 0.492 e. The molecule has 1 aromatic heterocycles.